The first-order valence-corrected chi connectivity index (χ1v) is 7.90. The van der Waals surface area contributed by atoms with Crippen LogP contribution in [-0.2, 0) is 22.6 Å². The Morgan fingerprint density at radius 2 is 1.83 bits per heavy atom. The Morgan fingerprint density at radius 1 is 1.08 bits per heavy atom. The molecule has 0 aliphatic heterocycles. The van der Waals surface area contributed by atoms with Gasteiger partial charge in [-0.15, -0.1) is 0 Å². The van der Waals surface area contributed by atoms with Crippen LogP contribution in [0.15, 0.2) is 48.5 Å². The monoisotopic (exact) mass is 329 g/mol. The van der Waals surface area contributed by atoms with Crippen molar-refractivity contribution < 1.29 is 19.0 Å². The summed E-state index contributed by atoms with van der Waals surface area (Å²) in [7, 11) is 1.59. The fourth-order valence-corrected chi connectivity index (χ4v) is 2.28. The van der Waals surface area contributed by atoms with E-state index in [4.69, 9.17) is 19.9 Å². The van der Waals surface area contributed by atoms with Crippen LogP contribution in [0.25, 0.3) is 0 Å². The highest BCUT2D eigenvalue weighted by Crippen LogP contribution is 2.29. The Kier molecular flexibility index (Phi) is 6.63. The largest absolute Gasteiger partial charge is 0.493 e. The lowest BCUT2D eigenvalue weighted by Crippen LogP contribution is -2.34. The predicted octanol–water partition coefficient (Wildman–Crippen LogP) is 2.71. The highest BCUT2D eigenvalue weighted by Gasteiger charge is 2.16. The Morgan fingerprint density at radius 3 is 2.50 bits per heavy atom. The molecule has 2 aromatic rings. The molecule has 2 aromatic carbocycles. The molecule has 2 N–H and O–H groups in total. The topological polar surface area (TPSA) is 70.8 Å². The van der Waals surface area contributed by atoms with Crippen LogP contribution >= 0.6 is 0 Å². The molecule has 0 spiro atoms. The Bertz CT molecular complexity index is 658. The van der Waals surface area contributed by atoms with Crippen LogP contribution in [0.4, 0.5) is 0 Å². The van der Waals surface area contributed by atoms with Crippen LogP contribution in [0.3, 0.4) is 0 Å². The highest BCUT2D eigenvalue weighted by molar-refractivity contribution is 5.75. The van der Waals surface area contributed by atoms with E-state index in [2.05, 4.69) is 0 Å². The minimum Gasteiger partial charge on any atom is -0.493 e. The molecule has 1 atom stereocenters. The lowest BCUT2D eigenvalue weighted by molar-refractivity contribution is -0.144. The molecule has 0 aromatic heterocycles. The first-order valence-electron chi connectivity index (χ1n) is 7.90. The van der Waals surface area contributed by atoms with Crippen molar-refractivity contribution in [2.45, 2.75) is 26.0 Å². The lowest BCUT2D eigenvalue weighted by atomic mass is 10.1. The van der Waals surface area contributed by atoms with Gasteiger partial charge in [-0.3, -0.25) is 4.79 Å². The van der Waals surface area contributed by atoms with Gasteiger partial charge in [0.15, 0.2) is 11.5 Å². The van der Waals surface area contributed by atoms with E-state index < -0.39 is 12.0 Å². The number of carbonyl (C=O) groups is 1. The summed E-state index contributed by atoms with van der Waals surface area (Å²) in [5.41, 5.74) is 7.83. The molecule has 2 rings (SSSR count). The summed E-state index contributed by atoms with van der Waals surface area (Å²) in [4.78, 5) is 11.7. The number of nitrogens with two attached hydrogens (primary N) is 1. The first kappa shape index (κ1) is 17.8. The van der Waals surface area contributed by atoms with Gasteiger partial charge in [0.2, 0.25) is 0 Å². The summed E-state index contributed by atoms with van der Waals surface area (Å²) in [6.45, 7) is 2.51. The van der Waals surface area contributed by atoms with Crippen LogP contribution in [0, 0.1) is 0 Å². The Balaban J connectivity index is 2.07. The second kappa shape index (κ2) is 8.93. The van der Waals surface area contributed by atoms with Crippen molar-refractivity contribution in [2.24, 2.45) is 5.73 Å². The molecule has 5 nitrogen and oxygen atoms in total. The van der Waals surface area contributed by atoms with Crippen molar-refractivity contribution in [3.05, 3.63) is 59.7 Å². The van der Waals surface area contributed by atoms with Crippen molar-refractivity contribution in [3.8, 4) is 11.5 Å². The number of rotatable bonds is 8. The molecule has 1 unspecified atom stereocenters. The van der Waals surface area contributed by atoms with Gasteiger partial charge in [0, 0.05) is 0 Å². The molecular formula is C19H23NO4. The van der Waals surface area contributed by atoms with E-state index in [-0.39, 0.29) is 0 Å². The van der Waals surface area contributed by atoms with Crippen molar-refractivity contribution in [3.63, 3.8) is 0 Å². The molecule has 0 bridgehead atoms. The summed E-state index contributed by atoms with van der Waals surface area (Å²) in [6.07, 6.45) is 0.379. The van der Waals surface area contributed by atoms with Gasteiger partial charge in [0.05, 0.1) is 13.7 Å². The normalized spacial score (nSPS) is 11.6. The summed E-state index contributed by atoms with van der Waals surface area (Å²) in [6, 6.07) is 14.7. The average molecular weight is 329 g/mol. The SMILES string of the molecule is CCOC(=O)C(N)Cc1ccc(OC)c(OCc2ccccc2)c1. The highest BCUT2D eigenvalue weighted by atomic mass is 16.5. The summed E-state index contributed by atoms with van der Waals surface area (Å²) in [5.74, 6) is 0.856. The maximum atomic E-state index is 11.7. The summed E-state index contributed by atoms with van der Waals surface area (Å²) < 4.78 is 16.1. The fraction of sp³-hybridized carbons (Fsp3) is 0.316. The average Bonchev–Trinajstić information content (AvgIpc) is 2.61. The van der Waals surface area contributed by atoms with E-state index in [1.54, 1.807) is 14.0 Å². The number of benzene rings is 2. The molecule has 0 radical (unpaired) electrons. The van der Waals surface area contributed by atoms with Crippen molar-refractivity contribution >= 4 is 5.97 Å². The molecule has 0 saturated heterocycles. The molecule has 0 amide bonds. The third-order valence-corrected chi connectivity index (χ3v) is 3.51. The van der Waals surface area contributed by atoms with Crippen LogP contribution in [0.2, 0.25) is 0 Å². The van der Waals surface area contributed by atoms with E-state index in [0.29, 0.717) is 31.1 Å². The van der Waals surface area contributed by atoms with Crippen molar-refractivity contribution in [1.29, 1.82) is 0 Å². The summed E-state index contributed by atoms with van der Waals surface area (Å²) >= 11 is 0. The van der Waals surface area contributed by atoms with E-state index >= 15 is 0 Å². The molecule has 24 heavy (non-hydrogen) atoms. The van der Waals surface area contributed by atoms with Gasteiger partial charge >= 0.3 is 5.97 Å². The smallest absolute Gasteiger partial charge is 0.323 e. The van der Waals surface area contributed by atoms with Gasteiger partial charge < -0.3 is 19.9 Å². The number of esters is 1. The number of ether oxygens (including phenoxy) is 3. The molecule has 0 saturated carbocycles. The van der Waals surface area contributed by atoms with Crippen LogP contribution in [-0.4, -0.2) is 25.7 Å². The van der Waals surface area contributed by atoms with E-state index in [9.17, 15) is 4.79 Å². The Labute approximate surface area is 142 Å². The van der Waals surface area contributed by atoms with Crippen LogP contribution in [0.1, 0.15) is 18.1 Å². The van der Waals surface area contributed by atoms with Gasteiger partial charge in [-0.25, -0.2) is 0 Å². The second-order valence-corrected chi connectivity index (χ2v) is 5.32. The van der Waals surface area contributed by atoms with Crippen molar-refractivity contribution in [1.82, 2.24) is 0 Å². The zero-order valence-electron chi connectivity index (χ0n) is 14.0. The quantitative estimate of drug-likeness (QED) is 0.754. The first-order chi connectivity index (χ1) is 11.6. The number of carbonyl (C=O) groups excluding carboxylic acids is 1. The predicted molar refractivity (Wildman–Crippen MR) is 92.1 cm³/mol. The lowest BCUT2D eigenvalue weighted by Gasteiger charge is -2.14. The Hall–Kier alpha value is -2.53. The molecule has 5 heteroatoms. The van der Waals surface area contributed by atoms with Gasteiger partial charge in [0.25, 0.3) is 0 Å². The van der Waals surface area contributed by atoms with Gasteiger partial charge in [-0.2, -0.15) is 0 Å². The third kappa shape index (κ3) is 4.99. The number of methoxy groups -OCH3 is 1. The van der Waals surface area contributed by atoms with Gasteiger partial charge in [0.1, 0.15) is 12.6 Å². The standard InChI is InChI=1S/C19H23NO4/c1-3-23-19(21)16(20)11-15-9-10-17(22-2)18(12-15)24-13-14-7-5-4-6-8-14/h4-10,12,16H,3,11,13,20H2,1-2H3. The molecule has 0 fully saturated rings. The zero-order chi connectivity index (χ0) is 17.4. The minimum absolute atomic E-state index is 0.320. The number of hydrogen-bond donors (Lipinski definition) is 1. The second-order valence-electron chi connectivity index (χ2n) is 5.32. The maximum Gasteiger partial charge on any atom is 0.323 e. The molecular weight excluding hydrogens is 306 g/mol. The molecule has 128 valence electrons. The molecule has 0 aliphatic carbocycles. The van der Waals surface area contributed by atoms with E-state index in [0.717, 1.165) is 11.1 Å². The van der Waals surface area contributed by atoms with Crippen LogP contribution < -0.4 is 15.2 Å². The van der Waals surface area contributed by atoms with Gasteiger partial charge in [-0.05, 0) is 36.6 Å². The van der Waals surface area contributed by atoms with E-state index in [1.165, 1.54) is 0 Å². The molecule has 0 aliphatic rings. The zero-order valence-corrected chi connectivity index (χ0v) is 14.0. The molecule has 0 heterocycles. The summed E-state index contributed by atoms with van der Waals surface area (Å²) in [5, 5.41) is 0. The third-order valence-electron chi connectivity index (χ3n) is 3.51. The minimum atomic E-state index is -0.694. The number of hydrogen-bond acceptors (Lipinski definition) is 5. The van der Waals surface area contributed by atoms with E-state index in [1.807, 2.05) is 48.5 Å². The van der Waals surface area contributed by atoms with Gasteiger partial charge in [-0.1, -0.05) is 36.4 Å². The van der Waals surface area contributed by atoms with Crippen LogP contribution in [0.5, 0.6) is 11.5 Å². The maximum absolute atomic E-state index is 11.7. The van der Waals surface area contributed by atoms with Crippen molar-refractivity contribution in [2.75, 3.05) is 13.7 Å². The fourth-order valence-electron chi connectivity index (χ4n) is 2.28.